The predicted molar refractivity (Wildman–Crippen MR) is 129 cm³/mol. The van der Waals surface area contributed by atoms with Gasteiger partial charge in [0.15, 0.2) is 11.3 Å². The summed E-state index contributed by atoms with van der Waals surface area (Å²) in [6, 6.07) is 2.84. The second kappa shape index (κ2) is 8.40. The zero-order valence-corrected chi connectivity index (χ0v) is 20.9. The Balaban J connectivity index is 0.000000176. The summed E-state index contributed by atoms with van der Waals surface area (Å²) in [5.74, 6) is 1.04. The van der Waals surface area contributed by atoms with Gasteiger partial charge in [-0.05, 0) is 98.9 Å². The first-order valence-corrected chi connectivity index (χ1v) is 11.1. The number of aryl methyl sites for hydroxylation is 6. The van der Waals surface area contributed by atoms with E-state index in [9.17, 15) is 0 Å². The summed E-state index contributed by atoms with van der Waals surface area (Å²) in [6.07, 6.45) is 0. The molecule has 0 aromatic carbocycles. The minimum absolute atomic E-state index is 0.352. The fraction of sp³-hybridized carbons (Fsp3) is 0.520. The first-order valence-electron chi connectivity index (χ1n) is 11.1. The Bertz CT molecular complexity index is 1260. The molecule has 0 atom stereocenters. The highest BCUT2D eigenvalue weighted by molar-refractivity contribution is 5.83. The molecule has 4 aromatic heterocycles. The third kappa shape index (κ3) is 4.08. The van der Waals surface area contributed by atoms with Crippen molar-refractivity contribution in [1.82, 2.24) is 29.3 Å². The van der Waals surface area contributed by atoms with Crippen LogP contribution in [0.3, 0.4) is 0 Å². The second-order valence-corrected chi connectivity index (χ2v) is 9.15. The fourth-order valence-electron chi connectivity index (χ4n) is 4.25. The molecule has 0 spiro atoms. The molecule has 4 heterocycles. The van der Waals surface area contributed by atoms with Gasteiger partial charge in [0, 0.05) is 28.9 Å². The van der Waals surface area contributed by atoms with E-state index in [-0.39, 0.29) is 0 Å². The topological polar surface area (TPSA) is 61.4 Å². The van der Waals surface area contributed by atoms with E-state index in [1.54, 1.807) is 0 Å². The fourth-order valence-corrected chi connectivity index (χ4v) is 4.25. The molecule has 4 aromatic rings. The number of fused-ring (bicyclic) bond motifs is 2. The lowest BCUT2D eigenvalue weighted by atomic mass is 10.1. The van der Waals surface area contributed by atoms with Crippen molar-refractivity contribution in [2.45, 2.75) is 88.2 Å². The number of hydrogen-bond acceptors (Lipinski definition) is 4. The van der Waals surface area contributed by atoms with Crippen molar-refractivity contribution < 1.29 is 0 Å². The first-order chi connectivity index (χ1) is 14.4. The van der Waals surface area contributed by atoms with Gasteiger partial charge in [-0.1, -0.05) is 0 Å². The van der Waals surface area contributed by atoms with Gasteiger partial charge >= 0.3 is 0 Å². The van der Waals surface area contributed by atoms with Gasteiger partial charge in [0.05, 0.1) is 5.69 Å². The van der Waals surface area contributed by atoms with Crippen LogP contribution in [0.2, 0.25) is 0 Å². The van der Waals surface area contributed by atoms with E-state index in [1.807, 2.05) is 18.5 Å². The quantitative estimate of drug-likeness (QED) is 0.388. The Labute approximate surface area is 185 Å². The normalized spacial score (nSPS) is 11.6. The maximum Gasteiger partial charge on any atom is 0.160 e. The van der Waals surface area contributed by atoms with Gasteiger partial charge in [0.2, 0.25) is 0 Å². The summed E-state index contributed by atoms with van der Waals surface area (Å²) in [6.45, 7) is 23.2. The molecule has 0 N–H and O–H groups in total. The number of imidazole rings is 1. The molecule has 6 heteroatoms. The van der Waals surface area contributed by atoms with Crippen LogP contribution in [0, 0.1) is 48.5 Å². The smallest absolute Gasteiger partial charge is 0.160 e. The third-order valence-corrected chi connectivity index (χ3v) is 5.96. The summed E-state index contributed by atoms with van der Waals surface area (Å²) in [5, 5.41) is 5.81. The van der Waals surface area contributed by atoms with E-state index in [1.165, 1.54) is 22.1 Å². The van der Waals surface area contributed by atoms with Crippen LogP contribution in [0.1, 0.15) is 79.4 Å². The highest BCUT2D eigenvalue weighted by Crippen LogP contribution is 2.26. The van der Waals surface area contributed by atoms with Gasteiger partial charge in [-0.15, -0.1) is 0 Å². The summed E-state index contributed by atoms with van der Waals surface area (Å²) >= 11 is 0. The van der Waals surface area contributed by atoms with E-state index >= 15 is 0 Å². The molecule has 0 aliphatic heterocycles. The van der Waals surface area contributed by atoms with Gasteiger partial charge < -0.3 is 4.57 Å². The van der Waals surface area contributed by atoms with Crippen molar-refractivity contribution in [3.05, 3.63) is 45.7 Å². The minimum Gasteiger partial charge on any atom is -0.310 e. The number of hydrogen-bond donors (Lipinski definition) is 0. The van der Waals surface area contributed by atoms with Crippen molar-refractivity contribution >= 4 is 22.2 Å². The van der Waals surface area contributed by atoms with Gasteiger partial charge in [-0.3, -0.25) is 0 Å². The van der Waals surface area contributed by atoms with E-state index in [0.29, 0.717) is 12.1 Å². The Morgan fingerprint density at radius 3 is 1.94 bits per heavy atom. The summed E-state index contributed by atoms with van der Waals surface area (Å²) in [7, 11) is 0. The summed E-state index contributed by atoms with van der Waals surface area (Å²) < 4.78 is 4.21. The molecule has 6 nitrogen and oxygen atoms in total. The third-order valence-electron chi connectivity index (χ3n) is 5.96. The number of aromatic nitrogens is 6. The second-order valence-electron chi connectivity index (χ2n) is 9.15. The zero-order valence-electron chi connectivity index (χ0n) is 20.9. The Morgan fingerprint density at radius 2 is 1.35 bits per heavy atom. The maximum absolute atomic E-state index is 4.68. The van der Waals surface area contributed by atoms with Crippen molar-refractivity contribution in [2.75, 3.05) is 0 Å². The SMILES string of the molecule is Cc1cc(C)c2nc(C)n(C(C)C)c2n1.Cc1nc2c(c(C)nn2C(C)C)c(C)c1C. The van der Waals surface area contributed by atoms with Crippen LogP contribution in [0.4, 0.5) is 0 Å². The Hall–Kier alpha value is -2.76. The van der Waals surface area contributed by atoms with Crippen LogP contribution >= 0.6 is 0 Å². The molecule has 0 aliphatic carbocycles. The van der Waals surface area contributed by atoms with Crippen LogP contribution in [0.25, 0.3) is 22.2 Å². The molecule has 0 fully saturated rings. The standard InChI is InChI=1S/C13H19N3.C12H17N3/c1-7(2)16-13-12(11(6)15-16)9(4)8(3)10(5)14-13;1-7(2)15-10(5)14-11-8(3)6-9(4)13-12(11)15/h7H,1-6H3;6-7H,1-5H3. The summed E-state index contributed by atoms with van der Waals surface area (Å²) in [5.41, 5.74) is 10.1. The molecule has 0 amide bonds. The van der Waals surface area contributed by atoms with Crippen LogP contribution in [0.15, 0.2) is 6.07 Å². The van der Waals surface area contributed by atoms with Crippen LogP contribution in [-0.2, 0) is 0 Å². The number of rotatable bonds is 2. The van der Waals surface area contributed by atoms with E-state index in [4.69, 9.17) is 0 Å². The van der Waals surface area contributed by atoms with E-state index in [2.05, 4.69) is 93.0 Å². The van der Waals surface area contributed by atoms with Crippen LogP contribution < -0.4 is 0 Å². The number of pyridine rings is 2. The number of nitrogens with zero attached hydrogens (tertiary/aromatic N) is 6. The molecule has 0 bridgehead atoms. The highest BCUT2D eigenvalue weighted by Gasteiger charge is 2.16. The van der Waals surface area contributed by atoms with Gasteiger partial charge in [0.1, 0.15) is 11.3 Å². The first kappa shape index (κ1) is 22.9. The lowest BCUT2D eigenvalue weighted by Gasteiger charge is -2.10. The van der Waals surface area contributed by atoms with Gasteiger partial charge in [-0.25, -0.2) is 19.6 Å². The zero-order chi connectivity index (χ0) is 23.2. The molecule has 0 saturated heterocycles. The predicted octanol–water partition coefficient (Wildman–Crippen LogP) is 6.18. The largest absolute Gasteiger partial charge is 0.310 e. The van der Waals surface area contributed by atoms with Gasteiger partial charge in [0.25, 0.3) is 0 Å². The molecule has 0 saturated carbocycles. The molecular formula is C25H36N6. The molecule has 4 rings (SSSR count). The molecule has 166 valence electrons. The lowest BCUT2D eigenvalue weighted by molar-refractivity contribution is 0.542. The summed E-state index contributed by atoms with van der Waals surface area (Å²) in [4.78, 5) is 13.8. The van der Waals surface area contributed by atoms with Crippen molar-refractivity contribution in [1.29, 1.82) is 0 Å². The molecule has 0 radical (unpaired) electrons. The monoisotopic (exact) mass is 420 g/mol. The molecule has 0 aliphatic rings. The molecular weight excluding hydrogens is 384 g/mol. The lowest BCUT2D eigenvalue weighted by Crippen LogP contribution is -2.04. The van der Waals surface area contributed by atoms with E-state index < -0.39 is 0 Å². The van der Waals surface area contributed by atoms with Crippen LogP contribution in [-0.4, -0.2) is 29.3 Å². The molecule has 0 unspecified atom stereocenters. The Morgan fingerprint density at radius 1 is 0.710 bits per heavy atom. The molecule has 31 heavy (non-hydrogen) atoms. The van der Waals surface area contributed by atoms with Crippen molar-refractivity contribution in [2.24, 2.45) is 0 Å². The average molecular weight is 421 g/mol. The maximum atomic E-state index is 4.68. The van der Waals surface area contributed by atoms with Crippen molar-refractivity contribution in [3.8, 4) is 0 Å². The van der Waals surface area contributed by atoms with Crippen LogP contribution in [0.5, 0.6) is 0 Å². The van der Waals surface area contributed by atoms with E-state index in [0.717, 1.165) is 39.7 Å². The Kier molecular flexibility index (Phi) is 6.21. The van der Waals surface area contributed by atoms with Gasteiger partial charge in [-0.2, -0.15) is 5.10 Å². The van der Waals surface area contributed by atoms with Crippen molar-refractivity contribution in [3.63, 3.8) is 0 Å². The minimum atomic E-state index is 0.352. The highest BCUT2D eigenvalue weighted by atomic mass is 15.3. The average Bonchev–Trinajstić information content (AvgIpc) is 3.17.